The number of Topliss-reactive ketones (excluding diaryl/α,β-unsaturated/α-hetero) is 1. The van der Waals surface area contributed by atoms with Crippen LogP contribution in [0, 0.1) is 23.7 Å². The number of imide groups is 1. The molecule has 0 aromatic rings. The minimum absolute atomic E-state index is 0.0114. The second kappa shape index (κ2) is 12.6. The molecule has 1 heterocycles. The Morgan fingerprint density at radius 1 is 1.00 bits per heavy atom. The van der Waals surface area contributed by atoms with Crippen LogP contribution in [0.25, 0.3) is 0 Å². The fourth-order valence-electron chi connectivity index (χ4n) is 4.30. The van der Waals surface area contributed by atoms with Gasteiger partial charge in [-0.25, -0.2) is 0 Å². The summed E-state index contributed by atoms with van der Waals surface area (Å²) in [6, 6.07) is -0.577. The number of nitrogens with one attached hydrogen (secondary N) is 2. The maximum atomic E-state index is 12.5. The van der Waals surface area contributed by atoms with E-state index in [-0.39, 0.29) is 53.6 Å². The molecular formula is C24H38N4O5. The van der Waals surface area contributed by atoms with E-state index in [0.717, 1.165) is 25.7 Å². The predicted octanol–water partition coefficient (Wildman–Crippen LogP) is 0.919. The zero-order valence-electron chi connectivity index (χ0n) is 20.0. The minimum atomic E-state index is -0.577. The summed E-state index contributed by atoms with van der Waals surface area (Å²) in [7, 11) is 0. The maximum absolute atomic E-state index is 12.5. The van der Waals surface area contributed by atoms with E-state index in [0.29, 0.717) is 26.1 Å². The number of carbonyl (C=O) groups is 5. The van der Waals surface area contributed by atoms with Gasteiger partial charge in [0.15, 0.2) is 0 Å². The number of nitrogens with two attached hydrogens (primary N) is 1. The average molecular weight is 463 g/mol. The predicted molar refractivity (Wildman–Crippen MR) is 124 cm³/mol. The van der Waals surface area contributed by atoms with Gasteiger partial charge in [-0.05, 0) is 50.9 Å². The highest BCUT2D eigenvalue weighted by atomic mass is 16.2. The second-order valence-corrected chi connectivity index (χ2v) is 9.58. The second-order valence-electron chi connectivity index (χ2n) is 9.58. The number of ketones is 1. The number of nitrogens with zero attached hydrogens (tertiary/aromatic N) is 1. The average Bonchev–Trinajstić information content (AvgIpc) is 3.08. The molecule has 184 valence electrons. The topological polar surface area (TPSA) is 139 Å². The third kappa shape index (κ3) is 8.07. The Morgan fingerprint density at radius 3 is 2.12 bits per heavy atom. The lowest BCUT2D eigenvalue weighted by Crippen LogP contribution is -2.40. The molecule has 4 amide bonds. The van der Waals surface area contributed by atoms with Gasteiger partial charge in [-0.2, -0.15) is 0 Å². The molecule has 4 N–H and O–H groups in total. The molecule has 9 heteroatoms. The van der Waals surface area contributed by atoms with Crippen LogP contribution in [-0.2, 0) is 24.0 Å². The highest BCUT2D eigenvalue weighted by molar-refractivity contribution is 6.12. The van der Waals surface area contributed by atoms with Gasteiger partial charge in [0.25, 0.3) is 11.8 Å². The molecule has 2 rings (SSSR count). The van der Waals surface area contributed by atoms with Crippen molar-refractivity contribution < 1.29 is 24.0 Å². The summed E-state index contributed by atoms with van der Waals surface area (Å²) in [5, 5.41) is 5.80. The summed E-state index contributed by atoms with van der Waals surface area (Å²) < 4.78 is 0. The normalized spacial score (nSPS) is 22.4. The van der Waals surface area contributed by atoms with Crippen LogP contribution < -0.4 is 16.4 Å². The standard InChI is InChI=1S/C24H38N4O5/c1-15(2)19(13-20(29)16(3)25)24(33)27-12-4-11-26-23(32)18-7-5-17(6-8-18)14-28-21(30)9-10-22(28)31/h9-10,15-19H,4-8,11-14,25H2,1-3H3,(H,26,32)(H,27,33)/t16-,17?,18?,19-/m1/s1. The van der Waals surface area contributed by atoms with Crippen LogP contribution in [0.2, 0.25) is 0 Å². The molecule has 1 aliphatic heterocycles. The van der Waals surface area contributed by atoms with Gasteiger partial charge in [0.2, 0.25) is 11.8 Å². The zero-order valence-corrected chi connectivity index (χ0v) is 20.0. The minimum Gasteiger partial charge on any atom is -0.356 e. The van der Waals surface area contributed by atoms with Crippen molar-refractivity contribution in [3.63, 3.8) is 0 Å². The van der Waals surface area contributed by atoms with Crippen molar-refractivity contribution in [1.29, 1.82) is 0 Å². The van der Waals surface area contributed by atoms with E-state index in [2.05, 4.69) is 10.6 Å². The fraction of sp³-hybridized carbons (Fsp3) is 0.708. The van der Waals surface area contributed by atoms with E-state index in [1.807, 2.05) is 13.8 Å². The first kappa shape index (κ1) is 26.7. The van der Waals surface area contributed by atoms with Gasteiger partial charge < -0.3 is 16.4 Å². The van der Waals surface area contributed by atoms with Gasteiger partial charge >= 0.3 is 0 Å². The van der Waals surface area contributed by atoms with Crippen LogP contribution in [-0.4, -0.2) is 60.0 Å². The van der Waals surface area contributed by atoms with E-state index in [1.54, 1.807) is 6.92 Å². The molecule has 0 radical (unpaired) electrons. The highest BCUT2D eigenvalue weighted by Gasteiger charge is 2.31. The van der Waals surface area contributed by atoms with Crippen molar-refractivity contribution >= 4 is 29.4 Å². The Labute approximate surface area is 195 Å². The van der Waals surface area contributed by atoms with Crippen molar-refractivity contribution in [3.05, 3.63) is 12.2 Å². The fourth-order valence-corrected chi connectivity index (χ4v) is 4.30. The van der Waals surface area contributed by atoms with Gasteiger partial charge in [0.05, 0.1) is 6.04 Å². The van der Waals surface area contributed by atoms with E-state index in [9.17, 15) is 24.0 Å². The van der Waals surface area contributed by atoms with Crippen molar-refractivity contribution in [3.8, 4) is 0 Å². The highest BCUT2D eigenvalue weighted by Crippen LogP contribution is 2.30. The molecule has 0 unspecified atom stereocenters. The summed E-state index contributed by atoms with van der Waals surface area (Å²) in [5.41, 5.74) is 5.62. The molecular weight excluding hydrogens is 424 g/mol. The molecule has 0 saturated heterocycles. The van der Waals surface area contributed by atoms with Crippen molar-refractivity contribution in [2.45, 2.75) is 65.3 Å². The van der Waals surface area contributed by atoms with E-state index < -0.39 is 12.0 Å². The van der Waals surface area contributed by atoms with Crippen LogP contribution in [0.5, 0.6) is 0 Å². The summed E-state index contributed by atoms with van der Waals surface area (Å²) in [6.07, 6.45) is 6.42. The molecule has 2 atom stereocenters. The number of hydrogen-bond donors (Lipinski definition) is 3. The smallest absolute Gasteiger partial charge is 0.253 e. The first-order valence-electron chi connectivity index (χ1n) is 12.0. The third-order valence-electron chi connectivity index (χ3n) is 6.58. The van der Waals surface area contributed by atoms with Gasteiger partial charge in [0.1, 0.15) is 5.78 Å². The van der Waals surface area contributed by atoms with Crippen LogP contribution in [0.1, 0.15) is 59.3 Å². The van der Waals surface area contributed by atoms with Crippen molar-refractivity contribution in [2.24, 2.45) is 29.4 Å². The molecule has 2 aliphatic rings. The van der Waals surface area contributed by atoms with E-state index >= 15 is 0 Å². The lowest BCUT2D eigenvalue weighted by Gasteiger charge is -2.30. The first-order chi connectivity index (χ1) is 15.6. The van der Waals surface area contributed by atoms with Crippen molar-refractivity contribution in [2.75, 3.05) is 19.6 Å². The van der Waals surface area contributed by atoms with Crippen LogP contribution >= 0.6 is 0 Å². The van der Waals surface area contributed by atoms with Gasteiger partial charge in [-0.15, -0.1) is 0 Å². The SMILES string of the molecule is CC(C)[C@@H](CC(=O)[C@@H](C)N)C(=O)NCCCNC(=O)C1CCC(CN2C(=O)C=CC2=O)CC1. The summed E-state index contributed by atoms with van der Waals surface area (Å²) in [5.74, 6) is -0.990. The van der Waals surface area contributed by atoms with E-state index in [1.165, 1.54) is 17.1 Å². The first-order valence-corrected chi connectivity index (χ1v) is 12.0. The van der Waals surface area contributed by atoms with Crippen LogP contribution in [0.3, 0.4) is 0 Å². The molecule has 0 bridgehead atoms. The molecule has 1 fully saturated rings. The molecule has 0 spiro atoms. The summed E-state index contributed by atoms with van der Waals surface area (Å²) in [4.78, 5) is 61.5. The lowest BCUT2D eigenvalue weighted by molar-refractivity contribution is -0.138. The largest absolute Gasteiger partial charge is 0.356 e. The Kier molecular flexibility index (Phi) is 10.2. The number of amides is 4. The Morgan fingerprint density at radius 2 is 1.58 bits per heavy atom. The van der Waals surface area contributed by atoms with Gasteiger partial charge in [-0.3, -0.25) is 28.9 Å². The molecule has 1 aliphatic carbocycles. The molecule has 0 aromatic carbocycles. The summed E-state index contributed by atoms with van der Waals surface area (Å²) >= 11 is 0. The maximum Gasteiger partial charge on any atom is 0.253 e. The molecule has 1 saturated carbocycles. The number of hydrogen-bond acceptors (Lipinski definition) is 6. The van der Waals surface area contributed by atoms with Crippen LogP contribution in [0.4, 0.5) is 0 Å². The Balaban J connectivity index is 1.62. The van der Waals surface area contributed by atoms with Crippen molar-refractivity contribution in [1.82, 2.24) is 15.5 Å². The molecule has 0 aromatic heterocycles. The van der Waals surface area contributed by atoms with Gasteiger partial charge in [-0.1, -0.05) is 13.8 Å². The number of carbonyl (C=O) groups excluding carboxylic acids is 5. The third-order valence-corrected chi connectivity index (χ3v) is 6.58. The molecule has 9 nitrogen and oxygen atoms in total. The summed E-state index contributed by atoms with van der Waals surface area (Å²) in [6.45, 7) is 6.75. The molecule has 33 heavy (non-hydrogen) atoms. The Bertz CT molecular complexity index is 751. The monoisotopic (exact) mass is 462 g/mol. The van der Waals surface area contributed by atoms with Gasteiger partial charge in [0, 0.05) is 50.0 Å². The van der Waals surface area contributed by atoms with Crippen LogP contribution in [0.15, 0.2) is 12.2 Å². The lowest BCUT2D eigenvalue weighted by atomic mass is 9.81. The quantitative estimate of drug-likeness (QED) is 0.291. The zero-order chi connectivity index (χ0) is 24.5. The number of rotatable bonds is 12. The van der Waals surface area contributed by atoms with E-state index in [4.69, 9.17) is 5.73 Å². The Hall–Kier alpha value is -2.55.